The minimum absolute atomic E-state index is 0.0685. The van der Waals surface area contributed by atoms with E-state index >= 15 is 0 Å². The molecule has 0 bridgehead atoms. The summed E-state index contributed by atoms with van der Waals surface area (Å²) in [5, 5.41) is 7.56. The summed E-state index contributed by atoms with van der Waals surface area (Å²) >= 11 is 0. The zero-order chi connectivity index (χ0) is 16.7. The molecule has 1 amide bonds. The standard InChI is InChI=1S/C18H20FN3O2/c1-22-9-15(17(21-22)12-6-7-24-10-12)18(23)20-16-5-2-11-8-13(19)3-4-14(11)16/h3-4,8-9,12,16H,2,5-7,10H2,1H3,(H,20,23)/t12-,16-/m0/s1. The van der Waals surface area contributed by atoms with Crippen molar-refractivity contribution in [1.29, 1.82) is 0 Å². The second-order valence-corrected chi connectivity index (χ2v) is 6.57. The van der Waals surface area contributed by atoms with E-state index in [2.05, 4.69) is 10.4 Å². The molecule has 1 aromatic heterocycles. The second-order valence-electron chi connectivity index (χ2n) is 6.57. The third kappa shape index (κ3) is 2.71. The van der Waals surface area contributed by atoms with E-state index in [1.807, 2.05) is 7.05 Å². The van der Waals surface area contributed by atoms with Crippen molar-refractivity contribution in [2.45, 2.75) is 31.2 Å². The van der Waals surface area contributed by atoms with E-state index in [1.54, 1.807) is 23.0 Å². The van der Waals surface area contributed by atoms with E-state index in [1.165, 1.54) is 6.07 Å². The van der Waals surface area contributed by atoms with Gasteiger partial charge in [0.15, 0.2) is 0 Å². The third-order valence-corrected chi connectivity index (χ3v) is 4.91. The Hall–Kier alpha value is -2.21. The van der Waals surface area contributed by atoms with Crippen molar-refractivity contribution < 1.29 is 13.9 Å². The predicted octanol–water partition coefficient (Wildman–Crippen LogP) is 2.48. The number of ether oxygens (including phenoxy) is 1. The lowest BCUT2D eigenvalue weighted by Crippen LogP contribution is -2.28. The van der Waals surface area contributed by atoms with Gasteiger partial charge in [-0.15, -0.1) is 0 Å². The Morgan fingerprint density at radius 1 is 1.42 bits per heavy atom. The topological polar surface area (TPSA) is 56.2 Å². The van der Waals surface area contributed by atoms with Crippen LogP contribution < -0.4 is 5.32 Å². The number of aromatic nitrogens is 2. The van der Waals surface area contributed by atoms with Gasteiger partial charge in [-0.25, -0.2) is 4.39 Å². The van der Waals surface area contributed by atoms with Gasteiger partial charge in [0.1, 0.15) is 5.82 Å². The summed E-state index contributed by atoms with van der Waals surface area (Å²) in [4.78, 5) is 12.8. The number of nitrogens with one attached hydrogen (secondary N) is 1. The van der Waals surface area contributed by atoms with E-state index in [9.17, 15) is 9.18 Å². The van der Waals surface area contributed by atoms with Crippen LogP contribution in [0.4, 0.5) is 4.39 Å². The minimum Gasteiger partial charge on any atom is -0.381 e. The first-order valence-electron chi connectivity index (χ1n) is 8.32. The van der Waals surface area contributed by atoms with Gasteiger partial charge < -0.3 is 10.1 Å². The van der Waals surface area contributed by atoms with Crippen LogP contribution in [0.1, 0.15) is 52.0 Å². The third-order valence-electron chi connectivity index (χ3n) is 4.91. The van der Waals surface area contributed by atoms with Crippen LogP contribution in [0.5, 0.6) is 0 Å². The molecule has 0 saturated carbocycles. The highest BCUT2D eigenvalue weighted by Gasteiger charge is 2.29. The number of hydrogen-bond donors (Lipinski definition) is 1. The van der Waals surface area contributed by atoms with Crippen LogP contribution in [0.3, 0.4) is 0 Å². The molecule has 1 aliphatic carbocycles. The molecule has 6 heteroatoms. The SMILES string of the molecule is Cn1cc(C(=O)N[C@H]2CCc3cc(F)ccc32)c([C@H]2CCOC2)n1. The number of nitrogens with zero attached hydrogens (tertiary/aromatic N) is 2. The van der Waals surface area contributed by atoms with Crippen molar-refractivity contribution in [2.24, 2.45) is 7.05 Å². The number of fused-ring (bicyclic) bond motifs is 1. The second kappa shape index (κ2) is 6.02. The Labute approximate surface area is 139 Å². The maximum Gasteiger partial charge on any atom is 0.255 e. The Morgan fingerprint density at radius 3 is 3.08 bits per heavy atom. The van der Waals surface area contributed by atoms with Gasteiger partial charge in [-0.2, -0.15) is 5.10 Å². The molecule has 1 aliphatic heterocycles. The first-order valence-corrected chi connectivity index (χ1v) is 8.32. The van der Waals surface area contributed by atoms with Gasteiger partial charge >= 0.3 is 0 Å². The highest BCUT2D eigenvalue weighted by atomic mass is 19.1. The van der Waals surface area contributed by atoms with Crippen LogP contribution in [-0.2, 0) is 18.2 Å². The van der Waals surface area contributed by atoms with Gasteiger partial charge in [-0.3, -0.25) is 9.48 Å². The van der Waals surface area contributed by atoms with Crippen molar-refractivity contribution >= 4 is 5.91 Å². The summed E-state index contributed by atoms with van der Waals surface area (Å²) in [7, 11) is 1.82. The molecule has 4 rings (SSSR count). The number of benzene rings is 1. The minimum atomic E-state index is -0.225. The molecule has 2 aromatic rings. The van der Waals surface area contributed by atoms with Crippen molar-refractivity contribution in [1.82, 2.24) is 15.1 Å². The number of aryl methyl sites for hydroxylation is 2. The zero-order valence-electron chi connectivity index (χ0n) is 13.6. The molecule has 1 fully saturated rings. The Morgan fingerprint density at radius 2 is 2.29 bits per heavy atom. The molecule has 1 N–H and O–H groups in total. The lowest BCUT2D eigenvalue weighted by atomic mass is 10.0. The monoisotopic (exact) mass is 329 g/mol. The number of halogens is 1. The fraction of sp³-hybridized carbons (Fsp3) is 0.444. The van der Waals surface area contributed by atoms with Crippen LogP contribution in [0.15, 0.2) is 24.4 Å². The lowest BCUT2D eigenvalue weighted by Gasteiger charge is -2.15. The zero-order valence-corrected chi connectivity index (χ0v) is 13.6. The predicted molar refractivity (Wildman–Crippen MR) is 86.3 cm³/mol. The first kappa shape index (κ1) is 15.3. The average molecular weight is 329 g/mol. The summed E-state index contributed by atoms with van der Waals surface area (Å²) in [5.74, 6) is -0.166. The normalized spacial score (nSPS) is 22.6. The summed E-state index contributed by atoms with van der Waals surface area (Å²) in [5.41, 5.74) is 3.42. The van der Waals surface area contributed by atoms with E-state index in [0.717, 1.165) is 36.1 Å². The molecule has 2 atom stereocenters. The van der Waals surface area contributed by atoms with Crippen LogP contribution in [0.2, 0.25) is 0 Å². The van der Waals surface area contributed by atoms with Gasteiger partial charge in [0.2, 0.25) is 0 Å². The maximum absolute atomic E-state index is 13.3. The molecular weight excluding hydrogens is 309 g/mol. The first-order chi connectivity index (χ1) is 11.6. The molecule has 5 nitrogen and oxygen atoms in total. The van der Waals surface area contributed by atoms with Gasteiger partial charge in [-0.05, 0) is 42.5 Å². The molecule has 1 saturated heterocycles. The molecule has 24 heavy (non-hydrogen) atoms. The molecule has 2 heterocycles. The van der Waals surface area contributed by atoms with E-state index in [0.29, 0.717) is 18.8 Å². The molecule has 2 aliphatic rings. The van der Waals surface area contributed by atoms with Gasteiger partial charge in [0.05, 0.1) is 23.9 Å². The van der Waals surface area contributed by atoms with Crippen LogP contribution in [0, 0.1) is 5.82 Å². The van der Waals surface area contributed by atoms with Crippen molar-refractivity contribution in [3.05, 3.63) is 52.6 Å². The van der Waals surface area contributed by atoms with E-state index in [4.69, 9.17) is 4.74 Å². The van der Waals surface area contributed by atoms with Gasteiger partial charge in [-0.1, -0.05) is 6.07 Å². The van der Waals surface area contributed by atoms with Crippen molar-refractivity contribution in [3.8, 4) is 0 Å². The van der Waals surface area contributed by atoms with E-state index in [-0.39, 0.29) is 23.7 Å². The molecule has 0 spiro atoms. The summed E-state index contributed by atoms with van der Waals surface area (Å²) in [6, 6.07) is 4.72. The lowest BCUT2D eigenvalue weighted by molar-refractivity contribution is 0.0935. The number of carbonyl (C=O) groups is 1. The largest absolute Gasteiger partial charge is 0.381 e. The van der Waals surface area contributed by atoms with Crippen LogP contribution >= 0.6 is 0 Å². The molecular formula is C18H20FN3O2. The van der Waals surface area contributed by atoms with E-state index < -0.39 is 0 Å². The Balaban J connectivity index is 1.56. The number of hydrogen-bond acceptors (Lipinski definition) is 3. The number of rotatable bonds is 3. The average Bonchev–Trinajstić information content (AvgIpc) is 3.26. The van der Waals surface area contributed by atoms with Crippen molar-refractivity contribution in [2.75, 3.05) is 13.2 Å². The van der Waals surface area contributed by atoms with Crippen LogP contribution in [-0.4, -0.2) is 28.9 Å². The number of carbonyl (C=O) groups excluding carboxylic acids is 1. The van der Waals surface area contributed by atoms with Crippen LogP contribution in [0.25, 0.3) is 0 Å². The fourth-order valence-corrected chi connectivity index (χ4v) is 3.70. The highest BCUT2D eigenvalue weighted by Crippen LogP contribution is 2.32. The van der Waals surface area contributed by atoms with Crippen molar-refractivity contribution in [3.63, 3.8) is 0 Å². The maximum atomic E-state index is 13.3. The Kier molecular flexibility index (Phi) is 3.84. The van der Waals surface area contributed by atoms with Gasteiger partial charge in [0, 0.05) is 25.8 Å². The quantitative estimate of drug-likeness (QED) is 0.941. The smallest absolute Gasteiger partial charge is 0.255 e. The molecule has 126 valence electrons. The highest BCUT2D eigenvalue weighted by molar-refractivity contribution is 5.95. The molecule has 0 unspecified atom stereocenters. The summed E-state index contributed by atoms with van der Waals surface area (Å²) < 4.78 is 20.4. The molecule has 0 radical (unpaired) electrons. The molecule has 1 aromatic carbocycles. The fourth-order valence-electron chi connectivity index (χ4n) is 3.70. The summed E-state index contributed by atoms with van der Waals surface area (Å²) in [6.45, 7) is 1.33. The number of amides is 1. The van der Waals surface area contributed by atoms with Gasteiger partial charge in [0.25, 0.3) is 5.91 Å². The summed E-state index contributed by atoms with van der Waals surface area (Å²) in [6.07, 6.45) is 4.24. The Bertz CT molecular complexity index is 781.